The minimum absolute atomic E-state index is 0. The van der Waals surface area contributed by atoms with Crippen LogP contribution in [0.3, 0.4) is 0 Å². The molecule has 7 nitrogen and oxygen atoms in total. The summed E-state index contributed by atoms with van der Waals surface area (Å²) in [6, 6.07) is 0.345. The van der Waals surface area contributed by atoms with Crippen molar-refractivity contribution in [1.82, 2.24) is 25.2 Å². The molecule has 1 saturated heterocycles. The highest BCUT2D eigenvalue weighted by Crippen LogP contribution is 2.28. The predicted octanol–water partition coefficient (Wildman–Crippen LogP) is 1.43. The van der Waals surface area contributed by atoms with E-state index < -0.39 is 0 Å². The third-order valence-electron chi connectivity index (χ3n) is 4.75. The zero-order chi connectivity index (χ0) is 16.2. The van der Waals surface area contributed by atoms with E-state index >= 15 is 0 Å². The number of amides is 1. The van der Waals surface area contributed by atoms with Crippen LogP contribution in [0.5, 0.6) is 0 Å². The summed E-state index contributed by atoms with van der Waals surface area (Å²) < 4.78 is 7.52. The SMILES string of the molecule is Cc1c(C(=O)N(C)CCOCC2CC2)nnn1C1CCNCC1.Cl. The molecule has 3 rings (SSSR count). The molecule has 0 unspecified atom stereocenters. The van der Waals surface area contributed by atoms with Gasteiger partial charge >= 0.3 is 0 Å². The number of hydrogen-bond donors (Lipinski definition) is 1. The Balaban J connectivity index is 0.00000208. The highest BCUT2D eigenvalue weighted by atomic mass is 35.5. The Labute approximate surface area is 149 Å². The molecule has 0 bridgehead atoms. The molecule has 2 fully saturated rings. The minimum Gasteiger partial charge on any atom is -0.379 e. The van der Waals surface area contributed by atoms with E-state index in [1.54, 1.807) is 11.9 Å². The standard InChI is InChI=1S/C16H27N5O2.ClH/c1-12-15(18-19-21(12)14-5-7-17-8-6-14)16(22)20(2)9-10-23-11-13-3-4-13;/h13-14,17H,3-11H2,1-2H3;1H. The second-order valence-corrected chi connectivity index (χ2v) is 6.69. The van der Waals surface area contributed by atoms with E-state index in [0.29, 0.717) is 24.9 Å². The number of nitrogens with one attached hydrogen (secondary N) is 1. The number of ether oxygens (including phenoxy) is 1. The van der Waals surface area contributed by atoms with Gasteiger partial charge in [-0.15, -0.1) is 17.5 Å². The normalized spacial score (nSPS) is 18.2. The van der Waals surface area contributed by atoms with Crippen LogP contribution < -0.4 is 5.32 Å². The molecule has 0 aromatic carbocycles. The monoisotopic (exact) mass is 357 g/mol. The quantitative estimate of drug-likeness (QED) is 0.747. The Bertz CT molecular complexity index is 541. The Morgan fingerprint density at radius 2 is 2.04 bits per heavy atom. The fourth-order valence-electron chi connectivity index (χ4n) is 2.95. The van der Waals surface area contributed by atoms with E-state index in [1.165, 1.54) is 12.8 Å². The van der Waals surface area contributed by atoms with Crippen molar-refractivity contribution in [2.75, 3.05) is 39.9 Å². The topological polar surface area (TPSA) is 72.3 Å². The second-order valence-electron chi connectivity index (χ2n) is 6.69. The van der Waals surface area contributed by atoms with Crippen LogP contribution in [0.25, 0.3) is 0 Å². The van der Waals surface area contributed by atoms with Crippen molar-refractivity contribution in [3.05, 3.63) is 11.4 Å². The van der Waals surface area contributed by atoms with Crippen LogP contribution in [0.4, 0.5) is 0 Å². The lowest BCUT2D eigenvalue weighted by Crippen LogP contribution is -2.32. The summed E-state index contributed by atoms with van der Waals surface area (Å²) in [5.41, 5.74) is 1.33. The summed E-state index contributed by atoms with van der Waals surface area (Å²) in [5, 5.41) is 11.7. The van der Waals surface area contributed by atoms with Crippen molar-refractivity contribution in [2.45, 2.75) is 38.6 Å². The lowest BCUT2D eigenvalue weighted by atomic mass is 10.1. The van der Waals surface area contributed by atoms with E-state index in [1.807, 2.05) is 11.6 Å². The molecule has 0 spiro atoms. The highest BCUT2D eigenvalue weighted by molar-refractivity contribution is 5.93. The molecule has 1 saturated carbocycles. The van der Waals surface area contributed by atoms with Crippen LogP contribution in [-0.4, -0.2) is 65.7 Å². The molecule has 1 aliphatic carbocycles. The molecule has 2 aliphatic rings. The first-order chi connectivity index (χ1) is 11.2. The van der Waals surface area contributed by atoms with Gasteiger partial charge in [-0.05, 0) is 51.6 Å². The van der Waals surface area contributed by atoms with E-state index in [2.05, 4.69) is 15.6 Å². The number of piperidine rings is 1. The number of likely N-dealkylation sites (N-methyl/N-ethyl adjacent to an activating group) is 1. The molecule has 24 heavy (non-hydrogen) atoms. The molecule has 1 aromatic rings. The summed E-state index contributed by atoms with van der Waals surface area (Å²) in [6.07, 6.45) is 4.63. The van der Waals surface area contributed by atoms with E-state index in [0.717, 1.165) is 44.1 Å². The summed E-state index contributed by atoms with van der Waals surface area (Å²) in [6.45, 7) is 5.92. The fraction of sp³-hybridized carbons (Fsp3) is 0.812. The number of rotatable bonds is 7. The van der Waals surface area contributed by atoms with Crippen LogP contribution in [0.2, 0.25) is 0 Å². The third-order valence-corrected chi connectivity index (χ3v) is 4.75. The van der Waals surface area contributed by atoms with E-state index in [-0.39, 0.29) is 18.3 Å². The van der Waals surface area contributed by atoms with Gasteiger partial charge in [-0.25, -0.2) is 4.68 Å². The van der Waals surface area contributed by atoms with Crippen LogP contribution in [0, 0.1) is 12.8 Å². The van der Waals surface area contributed by atoms with Gasteiger partial charge in [0.2, 0.25) is 0 Å². The van der Waals surface area contributed by atoms with Gasteiger partial charge in [-0.3, -0.25) is 4.79 Å². The third kappa shape index (κ3) is 4.68. The van der Waals surface area contributed by atoms with Gasteiger partial charge in [0.25, 0.3) is 5.91 Å². The smallest absolute Gasteiger partial charge is 0.276 e. The van der Waals surface area contributed by atoms with Crippen molar-refractivity contribution in [2.24, 2.45) is 5.92 Å². The van der Waals surface area contributed by atoms with Crippen molar-refractivity contribution in [3.63, 3.8) is 0 Å². The van der Waals surface area contributed by atoms with Crippen LogP contribution in [-0.2, 0) is 4.74 Å². The van der Waals surface area contributed by atoms with Gasteiger partial charge in [0.15, 0.2) is 5.69 Å². The lowest BCUT2D eigenvalue weighted by Gasteiger charge is -2.23. The minimum atomic E-state index is -0.0716. The molecule has 8 heteroatoms. The Hall–Kier alpha value is -1.18. The molecule has 1 amide bonds. The number of carbonyl (C=O) groups excluding carboxylic acids is 1. The first-order valence-corrected chi connectivity index (χ1v) is 8.62. The number of hydrogen-bond acceptors (Lipinski definition) is 5. The van der Waals surface area contributed by atoms with E-state index in [4.69, 9.17) is 4.74 Å². The molecule has 1 aromatic heterocycles. The second kappa shape index (κ2) is 8.78. The van der Waals surface area contributed by atoms with Gasteiger partial charge < -0.3 is 15.0 Å². The van der Waals surface area contributed by atoms with Gasteiger partial charge in [0.1, 0.15) is 0 Å². The first kappa shape index (κ1) is 19.1. The van der Waals surface area contributed by atoms with Gasteiger partial charge in [-0.2, -0.15) is 0 Å². The van der Waals surface area contributed by atoms with Crippen LogP contribution in [0.1, 0.15) is 47.9 Å². The van der Waals surface area contributed by atoms with Crippen molar-refractivity contribution in [1.29, 1.82) is 0 Å². The summed E-state index contributed by atoms with van der Waals surface area (Å²) in [7, 11) is 1.80. The Kier molecular flexibility index (Phi) is 7.01. The molecule has 1 aliphatic heterocycles. The molecule has 2 heterocycles. The van der Waals surface area contributed by atoms with Gasteiger partial charge in [0.05, 0.1) is 18.3 Å². The highest BCUT2D eigenvalue weighted by Gasteiger charge is 2.25. The van der Waals surface area contributed by atoms with E-state index in [9.17, 15) is 4.79 Å². The number of halogens is 1. The predicted molar refractivity (Wildman–Crippen MR) is 93.7 cm³/mol. The van der Waals surface area contributed by atoms with Gasteiger partial charge in [-0.1, -0.05) is 5.21 Å². The summed E-state index contributed by atoms with van der Waals surface area (Å²) in [4.78, 5) is 14.2. The maximum Gasteiger partial charge on any atom is 0.276 e. The average molecular weight is 358 g/mol. The molecule has 0 radical (unpaired) electrons. The fourth-order valence-corrected chi connectivity index (χ4v) is 2.95. The van der Waals surface area contributed by atoms with Crippen molar-refractivity contribution < 1.29 is 9.53 Å². The maximum atomic E-state index is 12.5. The maximum absolute atomic E-state index is 12.5. The Morgan fingerprint density at radius 1 is 1.33 bits per heavy atom. The molecule has 0 atom stereocenters. The molecular formula is C16H28ClN5O2. The summed E-state index contributed by atoms with van der Waals surface area (Å²) in [5.74, 6) is 0.681. The first-order valence-electron chi connectivity index (χ1n) is 8.62. The largest absolute Gasteiger partial charge is 0.379 e. The van der Waals surface area contributed by atoms with Crippen molar-refractivity contribution >= 4 is 18.3 Å². The molecule has 1 N–H and O–H groups in total. The number of carbonyl (C=O) groups is 1. The number of nitrogens with zero attached hydrogens (tertiary/aromatic N) is 4. The molecular weight excluding hydrogens is 330 g/mol. The zero-order valence-corrected chi connectivity index (χ0v) is 15.3. The number of aromatic nitrogens is 3. The average Bonchev–Trinajstić information content (AvgIpc) is 3.32. The zero-order valence-electron chi connectivity index (χ0n) is 14.5. The summed E-state index contributed by atoms with van der Waals surface area (Å²) >= 11 is 0. The van der Waals surface area contributed by atoms with Crippen LogP contribution >= 0.6 is 12.4 Å². The lowest BCUT2D eigenvalue weighted by molar-refractivity contribution is 0.0675. The van der Waals surface area contributed by atoms with Crippen molar-refractivity contribution in [3.8, 4) is 0 Å². The van der Waals surface area contributed by atoms with Crippen LogP contribution in [0.15, 0.2) is 0 Å². The molecule has 136 valence electrons. The van der Waals surface area contributed by atoms with Gasteiger partial charge in [0, 0.05) is 20.2 Å². The Morgan fingerprint density at radius 3 is 2.71 bits per heavy atom.